The molecule has 70 valence electrons. The molecule has 0 radical (unpaired) electrons. The van der Waals surface area contributed by atoms with Crippen LogP contribution < -0.4 is 11.1 Å². The molecule has 0 aromatic carbocycles. The van der Waals surface area contributed by atoms with Crippen molar-refractivity contribution in [2.24, 2.45) is 0 Å². The molecule has 7 heteroatoms. The molecular formula is C6H8N4O2S. The molecule has 0 aliphatic heterocycles. The maximum atomic E-state index is 10.8. The lowest BCUT2D eigenvalue weighted by molar-refractivity contribution is -0.118. The van der Waals surface area contributed by atoms with E-state index in [0.29, 0.717) is 0 Å². The monoisotopic (exact) mass is 200 g/mol. The summed E-state index contributed by atoms with van der Waals surface area (Å²) >= 11 is 4.80. The summed E-state index contributed by atoms with van der Waals surface area (Å²) in [4.78, 5) is 17.1. The molecule has 5 N–H and O–H groups in total. The van der Waals surface area contributed by atoms with Gasteiger partial charge in [-0.3, -0.25) is 4.79 Å². The highest BCUT2D eigenvalue weighted by molar-refractivity contribution is 7.71. The zero-order chi connectivity index (χ0) is 9.84. The van der Waals surface area contributed by atoms with E-state index < -0.39 is 12.5 Å². The molecule has 0 fully saturated rings. The SMILES string of the molecule is Nc1[nH]cnc(=S)c1NC(=O)CO. The largest absolute Gasteiger partial charge is 0.387 e. The van der Waals surface area contributed by atoms with Crippen LogP contribution in [0.5, 0.6) is 0 Å². The van der Waals surface area contributed by atoms with E-state index in [1.54, 1.807) is 0 Å². The number of aromatic nitrogens is 2. The van der Waals surface area contributed by atoms with E-state index in [1.807, 2.05) is 0 Å². The average Bonchev–Trinajstić information content (AvgIpc) is 2.11. The van der Waals surface area contributed by atoms with Crippen molar-refractivity contribution in [3.05, 3.63) is 11.0 Å². The Balaban J connectivity index is 3.00. The molecule has 1 heterocycles. The van der Waals surface area contributed by atoms with Gasteiger partial charge in [-0.1, -0.05) is 12.2 Å². The number of nitrogen functional groups attached to an aromatic ring is 1. The van der Waals surface area contributed by atoms with Crippen LogP contribution in [0.15, 0.2) is 6.33 Å². The van der Waals surface area contributed by atoms with Crippen LogP contribution in [0.4, 0.5) is 11.5 Å². The van der Waals surface area contributed by atoms with Gasteiger partial charge in [0.05, 0.1) is 6.33 Å². The number of aliphatic hydroxyl groups is 1. The van der Waals surface area contributed by atoms with Crippen LogP contribution in [-0.2, 0) is 4.79 Å². The van der Waals surface area contributed by atoms with Crippen LogP contribution in [-0.4, -0.2) is 27.6 Å². The van der Waals surface area contributed by atoms with Gasteiger partial charge >= 0.3 is 0 Å². The summed E-state index contributed by atoms with van der Waals surface area (Å²) in [5.74, 6) is -0.374. The summed E-state index contributed by atoms with van der Waals surface area (Å²) in [6.45, 7) is -0.622. The van der Waals surface area contributed by atoms with Crippen LogP contribution in [0.25, 0.3) is 0 Å². The number of amides is 1. The number of rotatable bonds is 2. The summed E-state index contributed by atoms with van der Waals surface area (Å²) in [6.07, 6.45) is 1.33. The molecule has 0 bridgehead atoms. The van der Waals surface area contributed by atoms with Gasteiger partial charge in [0.15, 0.2) is 4.64 Å². The molecule has 0 unspecified atom stereocenters. The molecule has 1 rings (SSSR count). The second kappa shape index (κ2) is 3.97. The maximum Gasteiger partial charge on any atom is 0.250 e. The van der Waals surface area contributed by atoms with E-state index in [2.05, 4.69) is 15.3 Å². The number of nitrogens with one attached hydrogen (secondary N) is 2. The zero-order valence-corrected chi connectivity index (χ0v) is 7.39. The molecular weight excluding hydrogens is 192 g/mol. The standard InChI is InChI=1S/C6H8N4O2S/c7-5-4(10-3(12)1-11)6(13)9-2-8-5/h2,11H,1H2,(H,10,12)(H3,7,8,9,13). The van der Waals surface area contributed by atoms with Crippen molar-refractivity contribution in [2.45, 2.75) is 0 Å². The predicted octanol–water partition coefficient (Wildman–Crippen LogP) is -0.348. The van der Waals surface area contributed by atoms with Gasteiger partial charge in [0.2, 0.25) is 5.91 Å². The molecule has 0 saturated heterocycles. The molecule has 1 amide bonds. The van der Waals surface area contributed by atoms with Gasteiger partial charge in [-0.15, -0.1) is 0 Å². The van der Waals surface area contributed by atoms with Gasteiger partial charge < -0.3 is 21.1 Å². The molecule has 6 nitrogen and oxygen atoms in total. The van der Waals surface area contributed by atoms with Gasteiger partial charge in [-0.2, -0.15) is 0 Å². The molecule has 1 aromatic heterocycles. The van der Waals surface area contributed by atoms with Crippen LogP contribution >= 0.6 is 12.2 Å². The Hall–Kier alpha value is -1.47. The Morgan fingerprint density at radius 3 is 3.08 bits per heavy atom. The number of anilines is 2. The first-order chi connectivity index (χ1) is 6.15. The lowest BCUT2D eigenvalue weighted by Gasteiger charge is -2.04. The predicted molar refractivity (Wildman–Crippen MR) is 49.5 cm³/mol. The smallest absolute Gasteiger partial charge is 0.250 e. The third kappa shape index (κ3) is 2.23. The second-order valence-electron chi connectivity index (χ2n) is 2.20. The Morgan fingerprint density at radius 1 is 1.85 bits per heavy atom. The van der Waals surface area contributed by atoms with Crippen molar-refractivity contribution in [3.8, 4) is 0 Å². The van der Waals surface area contributed by atoms with Gasteiger partial charge in [-0.25, -0.2) is 4.98 Å². The van der Waals surface area contributed by atoms with E-state index in [9.17, 15) is 4.79 Å². The molecule has 0 spiro atoms. The number of hydrogen-bond donors (Lipinski definition) is 4. The van der Waals surface area contributed by atoms with E-state index >= 15 is 0 Å². The molecule has 0 saturated carbocycles. The number of aliphatic hydroxyl groups excluding tert-OH is 1. The normalized spacial score (nSPS) is 9.62. The topological polar surface area (TPSA) is 104 Å². The van der Waals surface area contributed by atoms with Gasteiger partial charge in [-0.05, 0) is 0 Å². The first-order valence-corrected chi connectivity index (χ1v) is 3.80. The Morgan fingerprint density at radius 2 is 2.54 bits per heavy atom. The molecule has 13 heavy (non-hydrogen) atoms. The van der Waals surface area contributed by atoms with Gasteiger partial charge in [0.1, 0.15) is 18.1 Å². The van der Waals surface area contributed by atoms with Crippen molar-refractivity contribution in [2.75, 3.05) is 17.7 Å². The number of nitrogens with zero attached hydrogens (tertiary/aromatic N) is 1. The summed E-state index contributed by atoms with van der Waals surface area (Å²) in [5, 5.41) is 10.8. The summed E-state index contributed by atoms with van der Waals surface area (Å²) in [7, 11) is 0. The minimum absolute atomic E-state index is 0.179. The number of nitrogens with two attached hydrogens (primary N) is 1. The highest BCUT2D eigenvalue weighted by Crippen LogP contribution is 2.14. The Kier molecular flexibility index (Phi) is 2.93. The van der Waals surface area contributed by atoms with E-state index in [-0.39, 0.29) is 16.1 Å². The number of carbonyl (C=O) groups is 1. The average molecular weight is 200 g/mol. The zero-order valence-electron chi connectivity index (χ0n) is 6.57. The van der Waals surface area contributed by atoms with Crippen LogP contribution in [0.3, 0.4) is 0 Å². The third-order valence-corrected chi connectivity index (χ3v) is 1.60. The fourth-order valence-electron chi connectivity index (χ4n) is 0.712. The summed E-state index contributed by atoms with van der Waals surface area (Å²) in [5.41, 5.74) is 5.68. The molecule has 1 aromatic rings. The van der Waals surface area contributed by atoms with Crippen LogP contribution in [0.1, 0.15) is 0 Å². The van der Waals surface area contributed by atoms with Crippen molar-refractivity contribution >= 4 is 29.6 Å². The fraction of sp³-hybridized carbons (Fsp3) is 0.167. The minimum atomic E-state index is -0.622. The van der Waals surface area contributed by atoms with Crippen molar-refractivity contribution in [1.29, 1.82) is 0 Å². The summed E-state index contributed by atoms with van der Waals surface area (Å²) in [6, 6.07) is 0. The number of hydrogen-bond acceptors (Lipinski definition) is 5. The van der Waals surface area contributed by atoms with E-state index in [1.165, 1.54) is 6.33 Å². The van der Waals surface area contributed by atoms with Crippen LogP contribution in [0, 0.1) is 4.64 Å². The first kappa shape index (κ1) is 9.62. The van der Waals surface area contributed by atoms with Gasteiger partial charge in [0, 0.05) is 0 Å². The van der Waals surface area contributed by atoms with Crippen molar-refractivity contribution in [3.63, 3.8) is 0 Å². The van der Waals surface area contributed by atoms with E-state index in [4.69, 9.17) is 23.1 Å². The molecule has 0 atom stereocenters. The van der Waals surface area contributed by atoms with Gasteiger partial charge in [0.25, 0.3) is 0 Å². The number of H-pyrrole nitrogens is 1. The number of carbonyl (C=O) groups excluding carboxylic acids is 1. The minimum Gasteiger partial charge on any atom is -0.387 e. The first-order valence-electron chi connectivity index (χ1n) is 3.39. The quantitative estimate of drug-likeness (QED) is 0.488. The Labute approximate surface area is 78.8 Å². The molecule has 0 aliphatic carbocycles. The third-order valence-electron chi connectivity index (χ3n) is 1.29. The van der Waals surface area contributed by atoms with Crippen molar-refractivity contribution in [1.82, 2.24) is 9.97 Å². The number of aromatic amines is 1. The van der Waals surface area contributed by atoms with Crippen molar-refractivity contribution < 1.29 is 9.90 Å². The lowest BCUT2D eigenvalue weighted by atomic mass is 10.4. The van der Waals surface area contributed by atoms with Crippen LogP contribution in [0.2, 0.25) is 0 Å². The highest BCUT2D eigenvalue weighted by Gasteiger charge is 2.05. The fourth-order valence-corrected chi connectivity index (χ4v) is 0.926. The highest BCUT2D eigenvalue weighted by atomic mass is 32.1. The second-order valence-corrected chi connectivity index (χ2v) is 2.59. The Bertz CT molecular complexity index is 375. The van der Waals surface area contributed by atoms with E-state index in [0.717, 1.165) is 0 Å². The lowest BCUT2D eigenvalue weighted by Crippen LogP contribution is -2.17. The molecule has 0 aliphatic rings. The maximum absolute atomic E-state index is 10.8. The summed E-state index contributed by atoms with van der Waals surface area (Å²) < 4.78 is 0.179.